The third-order valence-electron chi connectivity index (χ3n) is 5.42. The smallest absolute Gasteiger partial charge is 0.170 e. The minimum Gasteiger partial charge on any atom is -0.347 e. The molecule has 5 nitrogen and oxygen atoms in total. The van der Waals surface area contributed by atoms with Crippen molar-refractivity contribution >= 4 is 0 Å². The van der Waals surface area contributed by atoms with Crippen LogP contribution in [-0.4, -0.2) is 72.6 Å². The van der Waals surface area contributed by atoms with Crippen LogP contribution in [0.15, 0.2) is 0 Å². The first kappa shape index (κ1) is 15.7. The van der Waals surface area contributed by atoms with Crippen molar-refractivity contribution in [3.05, 3.63) is 0 Å². The van der Waals surface area contributed by atoms with Crippen molar-refractivity contribution in [2.75, 3.05) is 39.4 Å². The fourth-order valence-electron chi connectivity index (χ4n) is 4.03. The van der Waals surface area contributed by atoms with E-state index in [4.69, 9.17) is 15.2 Å². The van der Waals surface area contributed by atoms with E-state index in [0.717, 1.165) is 58.7 Å². The van der Waals surface area contributed by atoms with Gasteiger partial charge in [0.2, 0.25) is 0 Å². The van der Waals surface area contributed by atoms with E-state index in [9.17, 15) is 0 Å². The van der Waals surface area contributed by atoms with Crippen LogP contribution in [0.3, 0.4) is 0 Å². The summed E-state index contributed by atoms with van der Waals surface area (Å²) < 4.78 is 11.8. The lowest BCUT2D eigenvalue weighted by atomic mass is 9.84. The molecule has 1 saturated carbocycles. The van der Waals surface area contributed by atoms with Crippen molar-refractivity contribution in [3.63, 3.8) is 0 Å². The van der Waals surface area contributed by atoms with Crippen LogP contribution >= 0.6 is 0 Å². The number of nitrogens with zero attached hydrogens (tertiary/aromatic N) is 2. The zero-order valence-electron chi connectivity index (χ0n) is 13.8. The summed E-state index contributed by atoms with van der Waals surface area (Å²) >= 11 is 0. The molecule has 2 aliphatic heterocycles. The molecule has 2 atom stereocenters. The molecular weight excluding hydrogens is 266 g/mol. The molecule has 3 aliphatic rings. The number of piperazine rings is 1. The monoisotopic (exact) mass is 297 g/mol. The predicted octanol–water partition coefficient (Wildman–Crippen LogP) is 1.03. The highest BCUT2D eigenvalue weighted by Crippen LogP contribution is 2.37. The summed E-state index contributed by atoms with van der Waals surface area (Å²) in [6.07, 6.45) is 2.89. The van der Waals surface area contributed by atoms with Gasteiger partial charge in [0.25, 0.3) is 0 Å². The Morgan fingerprint density at radius 3 is 2.24 bits per heavy atom. The Morgan fingerprint density at radius 2 is 1.67 bits per heavy atom. The lowest BCUT2D eigenvalue weighted by Crippen LogP contribution is -2.62. The van der Waals surface area contributed by atoms with Crippen molar-refractivity contribution in [2.45, 2.75) is 63.4 Å². The minimum atomic E-state index is -0.332. The summed E-state index contributed by atoms with van der Waals surface area (Å²) in [7, 11) is 0. The average Bonchev–Trinajstić information content (AvgIpc) is 2.90. The van der Waals surface area contributed by atoms with Crippen LogP contribution in [0.4, 0.5) is 0 Å². The molecule has 3 fully saturated rings. The van der Waals surface area contributed by atoms with E-state index in [1.807, 2.05) is 0 Å². The van der Waals surface area contributed by atoms with Gasteiger partial charge in [-0.3, -0.25) is 9.80 Å². The molecule has 2 saturated heterocycles. The summed E-state index contributed by atoms with van der Waals surface area (Å²) in [6, 6.07) is 0.656. The highest BCUT2D eigenvalue weighted by atomic mass is 16.7. The summed E-state index contributed by atoms with van der Waals surface area (Å²) in [6.45, 7) is 12.8. The Balaban J connectivity index is 1.61. The second kappa shape index (κ2) is 5.78. The van der Waals surface area contributed by atoms with E-state index < -0.39 is 0 Å². The fraction of sp³-hybridized carbons (Fsp3) is 1.00. The first-order valence-electron chi connectivity index (χ1n) is 8.42. The zero-order valence-corrected chi connectivity index (χ0v) is 13.8. The third kappa shape index (κ3) is 3.27. The normalized spacial score (nSPS) is 35.4. The molecule has 1 aliphatic carbocycles. The molecule has 5 heteroatoms. The van der Waals surface area contributed by atoms with E-state index >= 15 is 0 Å². The van der Waals surface area contributed by atoms with Crippen molar-refractivity contribution < 1.29 is 9.47 Å². The second-order valence-electron chi connectivity index (χ2n) is 7.78. The molecule has 0 radical (unpaired) electrons. The third-order valence-corrected chi connectivity index (χ3v) is 5.42. The largest absolute Gasteiger partial charge is 0.347 e. The maximum absolute atomic E-state index is 6.41. The van der Waals surface area contributed by atoms with Crippen LogP contribution in [0, 0.1) is 0 Å². The van der Waals surface area contributed by atoms with Gasteiger partial charge >= 0.3 is 0 Å². The second-order valence-corrected chi connectivity index (χ2v) is 7.78. The highest BCUT2D eigenvalue weighted by molar-refractivity contribution is 4.97. The zero-order chi connectivity index (χ0) is 15.1. The van der Waals surface area contributed by atoms with Crippen molar-refractivity contribution in [2.24, 2.45) is 5.73 Å². The van der Waals surface area contributed by atoms with Gasteiger partial charge in [-0.05, 0) is 27.2 Å². The molecule has 3 rings (SSSR count). The van der Waals surface area contributed by atoms with Gasteiger partial charge in [0.15, 0.2) is 5.79 Å². The Hall–Kier alpha value is -0.200. The van der Waals surface area contributed by atoms with Crippen LogP contribution in [0.25, 0.3) is 0 Å². The molecule has 21 heavy (non-hydrogen) atoms. The quantitative estimate of drug-likeness (QED) is 0.783. The van der Waals surface area contributed by atoms with Gasteiger partial charge in [-0.25, -0.2) is 0 Å². The molecule has 0 aromatic heterocycles. The first-order valence-corrected chi connectivity index (χ1v) is 8.42. The first-order chi connectivity index (χ1) is 9.90. The Morgan fingerprint density at radius 1 is 1.05 bits per heavy atom. The SMILES string of the molecule is CC(C)(C)N1CCN(C2CC3(CCC2N)OCCO3)CC1. The number of hydrogen-bond acceptors (Lipinski definition) is 5. The van der Waals surface area contributed by atoms with E-state index in [0.29, 0.717) is 6.04 Å². The van der Waals surface area contributed by atoms with E-state index in [1.54, 1.807) is 0 Å². The molecule has 0 aromatic carbocycles. The summed E-state index contributed by atoms with van der Waals surface area (Å²) in [5.41, 5.74) is 6.68. The average molecular weight is 297 g/mol. The molecule has 2 unspecified atom stereocenters. The van der Waals surface area contributed by atoms with Crippen molar-refractivity contribution in [1.82, 2.24) is 9.80 Å². The standard InChI is InChI=1S/C16H31N3O2/c1-15(2,3)19-8-6-18(7-9-19)14-12-16(5-4-13(14)17)20-10-11-21-16/h13-14H,4-12,17H2,1-3H3. The van der Waals surface area contributed by atoms with Gasteiger partial charge in [-0.1, -0.05) is 0 Å². The summed E-state index contributed by atoms with van der Waals surface area (Å²) in [5.74, 6) is -0.332. The lowest BCUT2D eigenvalue weighted by Gasteiger charge is -2.49. The van der Waals surface area contributed by atoms with Crippen molar-refractivity contribution in [3.8, 4) is 0 Å². The van der Waals surface area contributed by atoms with Crippen LogP contribution in [-0.2, 0) is 9.47 Å². The van der Waals surface area contributed by atoms with Crippen LogP contribution in [0.5, 0.6) is 0 Å². The van der Waals surface area contributed by atoms with Gasteiger partial charge < -0.3 is 15.2 Å². The number of ether oxygens (including phenoxy) is 2. The minimum absolute atomic E-state index is 0.254. The van der Waals surface area contributed by atoms with Crippen LogP contribution < -0.4 is 5.73 Å². The van der Waals surface area contributed by atoms with Gasteiger partial charge in [0, 0.05) is 56.6 Å². The van der Waals surface area contributed by atoms with Crippen molar-refractivity contribution in [1.29, 1.82) is 0 Å². The van der Waals surface area contributed by atoms with Gasteiger partial charge in [0.05, 0.1) is 13.2 Å². The Labute approximate surface area is 128 Å². The Bertz CT molecular complexity index is 355. The lowest BCUT2D eigenvalue weighted by molar-refractivity contribution is -0.193. The van der Waals surface area contributed by atoms with Crippen LogP contribution in [0.2, 0.25) is 0 Å². The van der Waals surface area contributed by atoms with Crippen LogP contribution in [0.1, 0.15) is 40.0 Å². The molecule has 122 valence electrons. The predicted molar refractivity (Wildman–Crippen MR) is 83.1 cm³/mol. The maximum atomic E-state index is 6.41. The van der Waals surface area contributed by atoms with Gasteiger partial charge in [0.1, 0.15) is 0 Å². The molecule has 0 aromatic rings. The van der Waals surface area contributed by atoms with Gasteiger partial charge in [-0.2, -0.15) is 0 Å². The Kier molecular flexibility index (Phi) is 4.32. The van der Waals surface area contributed by atoms with E-state index in [1.165, 1.54) is 0 Å². The topological polar surface area (TPSA) is 51.0 Å². The highest BCUT2D eigenvalue weighted by Gasteiger charge is 2.46. The van der Waals surface area contributed by atoms with Gasteiger partial charge in [-0.15, -0.1) is 0 Å². The molecule has 1 spiro atoms. The molecule has 2 heterocycles. The fourth-order valence-corrected chi connectivity index (χ4v) is 4.03. The molecule has 2 N–H and O–H groups in total. The molecule has 0 bridgehead atoms. The number of hydrogen-bond donors (Lipinski definition) is 1. The number of nitrogens with two attached hydrogens (primary N) is 1. The summed E-state index contributed by atoms with van der Waals surface area (Å²) in [5, 5.41) is 0. The number of rotatable bonds is 1. The molecular formula is C16H31N3O2. The molecule has 0 amide bonds. The summed E-state index contributed by atoms with van der Waals surface area (Å²) in [4.78, 5) is 5.13. The van der Waals surface area contributed by atoms with E-state index in [2.05, 4.69) is 30.6 Å². The van der Waals surface area contributed by atoms with E-state index in [-0.39, 0.29) is 17.4 Å². The maximum Gasteiger partial charge on any atom is 0.170 e.